The van der Waals surface area contributed by atoms with E-state index in [1.54, 1.807) is 0 Å². The molecule has 0 bridgehead atoms. The summed E-state index contributed by atoms with van der Waals surface area (Å²) in [5.74, 6) is 2.15. The average molecular weight is 861 g/mol. The zero-order valence-corrected chi connectivity index (χ0v) is 31.5. The third-order valence-electron chi connectivity index (χ3n) is 8.08. The van der Waals surface area contributed by atoms with Crippen molar-refractivity contribution in [2.24, 2.45) is 0 Å². The van der Waals surface area contributed by atoms with Crippen LogP contribution in [0.15, 0.2) is 158 Å². The fourth-order valence-electron chi connectivity index (χ4n) is 6.01. The maximum atomic E-state index is 7.29. The standard InChI is InChI=1S/C38H32OP2Si.2ClH.Pt/c1-42(2)35-27-15-25-33(40(29-17-7-3-8-18-29)30-19-9-4-10-20-30)37(35)39-38-34(26-16-28-36(38)42)41(31-21-11-5-12-22-31)32-23-13-6-14-24-32;;;/h3-28H,1-2H3;2*1H;/q;;;+2/p-2. The molecule has 0 radical (unpaired) electrons. The first-order chi connectivity index (χ1) is 22.0. The van der Waals surface area contributed by atoms with Crippen LogP contribution in [0.1, 0.15) is 0 Å². The molecule has 6 aromatic rings. The van der Waals surface area contributed by atoms with Crippen molar-refractivity contribution in [2.75, 3.05) is 0 Å². The van der Waals surface area contributed by atoms with Gasteiger partial charge in [-0.2, -0.15) is 0 Å². The summed E-state index contributed by atoms with van der Waals surface area (Å²) in [6.45, 7) is 4.97. The van der Waals surface area contributed by atoms with E-state index in [9.17, 15) is 0 Å². The molecule has 1 aliphatic heterocycles. The molecule has 0 fully saturated rings. The normalized spacial score (nSPS) is 12.9. The van der Waals surface area contributed by atoms with E-state index in [2.05, 4.69) is 171 Å². The number of hydrogen-bond donors (Lipinski definition) is 0. The molecule has 0 amide bonds. The van der Waals surface area contributed by atoms with Crippen molar-refractivity contribution in [3.05, 3.63) is 158 Å². The van der Waals surface area contributed by atoms with E-state index in [0.29, 0.717) is 0 Å². The van der Waals surface area contributed by atoms with E-state index in [1.807, 2.05) is 0 Å². The topological polar surface area (TPSA) is 9.23 Å². The first kappa shape index (κ1) is 32.4. The molecule has 1 aliphatic rings. The third kappa shape index (κ3) is 6.80. The maximum absolute atomic E-state index is 7.29. The van der Waals surface area contributed by atoms with E-state index >= 15 is 0 Å². The fraction of sp³-hybridized carbons (Fsp3) is 0.0526. The molecule has 0 unspecified atom stereocenters. The molecule has 0 atom stereocenters. The summed E-state index contributed by atoms with van der Waals surface area (Å²) >= 11 is -0.472. The molecule has 6 aromatic carbocycles. The predicted molar refractivity (Wildman–Crippen MR) is 199 cm³/mol. The summed E-state index contributed by atoms with van der Waals surface area (Å²) in [5, 5.41) is 10.7. The molecular formula is C38H32Cl2OP2PtSi. The first-order valence-corrected chi connectivity index (χ1v) is 25.9. The SMILES string of the molecule is C[Si]1(C)c2cccc(P(c3ccccc3)c3ccccc3)c2Oc2c(P(c3ccccc3)c3ccccc3)cccc21.[Cl][Pt][Cl]. The fourth-order valence-corrected chi connectivity index (χ4v) is 13.8. The van der Waals surface area contributed by atoms with Gasteiger partial charge in [0.2, 0.25) is 0 Å². The van der Waals surface area contributed by atoms with Crippen molar-refractivity contribution < 1.29 is 21.2 Å². The molecule has 228 valence electrons. The zero-order valence-electron chi connectivity index (χ0n) is 24.9. The third-order valence-corrected chi connectivity index (χ3v) is 16.5. The van der Waals surface area contributed by atoms with E-state index in [-0.39, 0.29) is 0 Å². The van der Waals surface area contributed by atoms with Crippen LogP contribution in [0.2, 0.25) is 13.1 Å². The number of halogens is 2. The van der Waals surface area contributed by atoms with Gasteiger partial charge in [-0.05, 0) is 47.4 Å². The summed E-state index contributed by atoms with van der Waals surface area (Å²) in [7, 11) is 6.05. The monoisotopic (exact) mass is 859 g/mol. The minimum atomic E-state index is -2.09. The van der Waals surface area contributed by atoms with Gasteiger partial charge in [0.15, 0.2) is 0 Å². The van der Waals surface area contributed by atoms with Crippen LogP contribution < -0.4 is 46.9 Å². The van der Waals surface area contributed by atoms with Crippen LogP contribution in [-0.4, -0.2) is 8.07 Å². The quantitative estimate of drug-likeness (QED) is 0.125. The Kier molecular flexibility index (Phi) is 10.7. The van der Waals surface area contributed by atoms with E-state index in [0.717, 1.165) is 11.5 Å². The predicted octanol–water partition coefficient (Wildman–Crippen LogP) is 7.51. The van der Waals surface area contributed by atoms with Gasteiger partial charge in [-0.15, -0.1) is 0 Å². The first-order valence-electron chi connectivity index (χ1n) is 14.6. The molecule has 0 aromatic heterocycles. The van der Waals surface area contributed by atoms with Gasteiger partial charge in [0.1, 0.15) is 19.6 Å². The molecule has 0 aliphatic carbocycles. The van der Waals surface area contributed by atoms with Gasteiger partial charge in [0, 0.05) is 10.6 Å². The van der Waals surface area contributed by atoms with Gasteiger partial charge >= 0.3 is 35.3 Å². The van der Waals surface area contributed by atoms with Gasteiger partial charge < -0.3 is 4.74 Å². The Balaban J connectivity index is 0.00000115. The van der Waals surface area contributed by atoms with Crippen LogP contribution in [0, 0.1) is 0 Å². The number of hydrogen-bond acceptors (Lipinski definition) is 1. The van der Waals surface area contributed by atoms with Crippen molar-refractivity contribution in [1.82, 2.24) is 0 Å². The van der Waals surface area contributed by atoms with Gasteiger partial charge in [-0.25, -0.2) is 0 Å². The van der Waals surface area contributed by atoms with Crippen molar-refractivity contribution >= 4 is 85.0 Å². The Hall–Kier alpha value is -2.53. The van der Waals surface area contributed by atoms with Gasteiger partial charge in [-0.3, -0.25) is 0 Å². The Morgan fingerprint density at radius 1 is 0.444 bits per heavy atom. The second kappa shape index (κ2) is 14.9. The molecule has 1 heterocycles. The molecule has 0 saturated heterocycles. The van der Waals surface area contributed by atoms with Crippen LogP contribution in [0.4, 0.5) is 0 Å². The number of fused-ring (bicyclic) bond motifs is 2. The molecule has 0 spiro atoms. The van der Waals surface area contributed by atoms with Gasteiger partial charge in [0.05, 0.1) is 0 Å². The molecule has 45 heavy (non-hydrogen) atoms. The zero-order chi connectivity index (χ0) is 31.2. The van der Waals surface area contributed by atoms with Crippen LogP contribution >= 0.6 is 34.7 Å². The van der Waals surface area contributed by atoms with Crippen LogP contribution in [0.5, 0.6) is 11.5 Å². The summed E-state index contributed by atoms with van der Waals surface area (Å²) in [6, 6.07) is 57.6. The molecule has 7 heteroatoms. The van der Waals surface area contributed by atoms with E-state index in [4.69, 9.17) is 23.6 Å². The molecule has 0 N–H and O–H groups in total. The average Bonchev–Trinajstić information content (AvgIpc) is 3.08. The van der Waals surface area contributed by atoms with E-state index < -0.39 is 40.4 Å². The van der Waals surface area contributed by atoms with E-state index in [1.165, 1.54) is 42.2 Å². The second-order valence-electron chi connectivity index (χ2n) is 11.1. The number of benzene rings is 6. The number of ether oxygens (including phenoxy) is 1. The van der Waals surface area contributed by atoms with Crippen molar-refractivity contribution in [3.63, 3.8) is 0 Å². The second-order valence-corrected chi connectivity index (χ2v) is 23.1. The summed E-state index contributed by atoms with van der Waals surface area (Å²) in [6.07, 6.45) is 0. The Morgan fingerprint density at radius 3 is 1.02 bits per heavy atom. The number of rotatable bonds is 6. The van der Waals surface area contributed by atoms with Crippen LogP contribution in [-0.2, 0) is 16.5 Å². The van der Waals surface area contributed by atoms with Crippen LogP contribution in [0.3, 0.4) is 0 Å². The Bertz CT molecular complexity index is 1650. The van der Waals surface area contributed by atoms with Gasteiger partial charge in [-0.1, -0.05) is 171 Å². The molecule has 1 nitrogen and oxygen atoms in total. The molecule has 7 rings (SSSR count). The number of para-hydroxylation sites is 2. The van der Waals surface area contributed by atoms with Crippen molar-refractivity contribution in [1.29, 1.82) is 0 Å². The minimum absolute atomic E-state index is 0.472. The molecular weight excluding hydrogens is 828 g/mol. The summed E-state index contributed by atoms with van der Waals surface area (Å²) < 4.78 is 7.29. The van der Waals surface area contributed by atoms with Crippen molar-refractivity contribution in [3.8, 4) is 11.5 Å². The van der Waals surface area contributed by atoms with Gasteiger partial charge in [0.25, 0.3) is 0 Å². The molecule has 0 saturated carbocycles. The summed E-state index contributed by atoms with van der Waals surface area (Å²) in [4.78, 5) is 0. The summed E-state index contributed by atoms with van der Waals surface area (Å²) in [5.41, 5.74) is 0. The van der Waals surface area contributed by atoms with Crippen molar-refractivity contribution in [2.45, 2.75) is 13.1 Å². The van der Waals surface area contributed by atoms with Crippen LogP contribution in [0.25, 0.3) is 0 Å². The Morgan fingerprint density at radius 2 is 0.733 bits per heavy atom. The Labute approximate surface area is 286 Å².